The summed E-state index contributed by atoms with van der Waals surface area (Å²) >= 11 is 0. The molecule has 0 spiro atoms. The molecule has 2 amide bonds. The molecule has 0 saturated heterocycles. The first-order valence-electron chi connectivity index (χ1n) is 10.9. The minimum atomic E-state index is -0.450. The molecule has 33 heavy (non-hydrogen) atoms. The van der Waals surface area contributed by atoms with Gasteiger partial charge in [-0.05, 0) is 63.6 Å². The van der Waals surface area contributed by atoms with E-state index >= 15 is 0 Å². The largest absolute Gasteiger partial charge is 0.487 e. The first kappa shape index (κ1) is 22.4. The summed E-state index contributed by atoms with van der Waals surface area (Å²) in [7, 11) is 0. The van der Waals surface area contributed by atoms with Gasteiger partial charge in [0, 0.05) is 23.6 Å². The van der Waals surface area contributed by atoms with Crippen molar-refractivity contribution in [3.8, 4) is 5.75 Å². The van der Waals surface area contributed by atoms with E-state index in [1.54, 1.807) is 24.3 Å². The van der Waals surface area contributed by atoms with Gasteiger partial charge >= 0.3 is 0 Å². The fraction of sp³-hybridized carbons (Fsp3) is 0.259. The van der Waals surface area contributed by atoms with Crippen LogP contribution < -0.4 is 15.4 Å². The monoisotopic (exact) mass is 444 g/mol. The first-order valence-corrected chi connectivity index (χ1v) is 10.9. The summed E-state index contributed by atoms with van der Waals surface area (Å²) in [5, 5.41) is 5.85. The average Bonchev–Trinajstić information content (AvgIpc) is 3.25. The van der Waals surface area contributed by atoms with Crippen LogP contribution in [-0.4, -0.2) is 17.4 Å². The third-order valence-corrected chi connectivity index (χ3v) is 5.53. The highest BCUT2D eigenvalue weighted by Gasteiger charge is 2.35. The fourth-order valence-corrected chi connectivity index (χ4v) is 3.98. The maximum Gasteiger partial charge on any atom is 0.268 e. The third kappa shape index (κ3) is 5.34. The summed E-state index contributed by atoms with van der Waals surface area (Å²) in [6, 6.07) is 16.3. The van der Waals surface area contributed by atoms with Crippen LogP contribution in [-0.2, 0) is 4.79 Å². The summed E-state index contributed by atoms with van der Waals surface area (Å²) in [6.07, 6.45) is 3.64. The van der Waals surface area contributed by atoms with E-state index in [1.807, 2.05) is 58.0 Å². The van der Waals surface area contributed by atoms with E-state index in [0.29, 0.717) is 17.7 Å². The number of aryl methyl sites for hydroxylation is 2. The van der Waals surface area contributed by atoms with Crippen molar-refractivity contribution in [3.63, 3.8) is 0 Å². The number of furan rings is 1. The van der Waals surface area contributed by atoms with E-state index in [4.69, 9.17) is 9.15 Å². The lowest BCUT2D eigenvalue weighted by Crippen LogP contribution is -2.43. The molecule has 1 aliphatic rings. The maximum absolute atomic E-state index is 13.4. The number of carbonyl (C=O) groups excluding carboxylic acids is 2. The van der Waals surface area contributed by atoms with Crippen molar-refractivity contribution < 1.29 is 18.7 Å². The van der Waals surface area contributed by atoms with Gasteiger partial charge in [0.2, 0.25) is 0 Å². The Kier molecular flexibility index (Phi) is 6.09. The topological polar surface area (TPSA) is 80.6 Å². The predicted octanol–water partition coefficient (Wildman–Crippen LogP) is 5.09. The lowest BCUT2D eigenvalue weighted by atomic mass is 9.89. The van der Waals surface area contributed by atoms with E-state index in [0.717, 1.165) is 22.4 Å². The number of fused-ring (bicyclic) bond motifs is 1. The van der Waals surface area contributed by atoms with Crippen molar-refractivity contribution >= 4 is 17.9 Å². The molecule has 6 heteroatoms. The van der Waals surface area contributed by atoms with Gasteiger partial charge in [0.15, 0.2) is 0 Å². The van der Waals surface area contributed by atoms with E-state index in [2.05, 4.69) is 10.6 Å². The Morgan fingerprint density at radius 2 is 1.82 bits per heavy atom. The summed E-state index contributed by atoms with van der Waals surface area (Å²) < 4.78 is 11.5. The quantitative estimate of drug-likeness (QED) is 0.538. The highest BCUT2D eigenvalue weighted by Crippen LogP contribution is 2.40. The normalized spacial score (nSPS) is 17.0. The van der Waals surface area contributed by atoms with E-state index in [1.165, 1.54) is 12.3 Å². The van der Waals surface area contributed by atoms with E-state index < -0.39 is 11.5 Å². The molecule has 3 aromatic rings. The predicted molar refractivity (Wildman–Crippen MR) is 127 cm³/mol. The Morgan fingerprint density at radius 1 is 1.03 bits per heavy atom. The molecule has 4 rings (SSSR count). The molecule has 170 valence electrons. The summed E-state index contributed by atoms with van der Waals surface area (Å²) in [5.41, 5.74) is 3.08. The molecule has 2 aromatic carbocycles. The summed E-state index contributed by atoms with van der Waals surface area (Å²) in [4.78, 5) is 26.3. The number of carbonyl (C=O) groups is 2. The van der Waals surface area contributed by atoms with Crippen molar-refractivity contribution in [2.45, 2.75) is 45.8 Å². The van der Waals surface area contributed by atoms with Crippen LogP contribution in [0.15, 0.2) is 71.0 Å². The van der Waals surface area contributed by atoms with E-state index in [-0.39, 0.29) is 17.6 Å². The van der Waals surface area contributed by atoms with Gasteiger partial charge in [0.1, 0.15) is 22.8 Å². The zero-order valence-electron chi connectivity index (χ0n) is 19.3. The Labute approximate surface area is 193 Å². The minimum absolute atomic E-state index is 0.106. The second kappa shape index (κ2) is 8.98. The molecule has 2 N–H and O–H groups in total. The van der Waals surface area contributed by atoms with Crippen molar-refractivity contribution in [3.05, 3.63) is 94.6 Å². The molecule has 0 fully saturated rings. The Hall–Kier alpha value is -3.80. The van der Waals surface area contributed by atoms with E-state index in [9.17, 15) is 9.59 Å². The Morgan fingerprint density at radius 3 is 2.55 bits per heavy atom. The van der Waals surface area contributed by atoms with Crippen molar-refractivity contribution in [1.82, 2.24) is 10.6 Å². The zero-order chi connectivity index (χ0) is 23.6. The van der Waals surface area contributed by atoms with Crippen LogP contribution in [0.4, 0.5) is 0 Å². The Balaban J connectivity index is 1.62. The van der Waals surface area contributed by atoms with Crippen LogP contribution in [0.2, 0.25) is 0 Å². The second-order valence-corrected chi connectivity index (χ2v) is 9.03. The highest BCUT2D eigenvalue weighted by atomic mass is 16.5. The van der Waals surface area contributed by atoms with Crippen molar-refractivity contribution in [2.75, 3.05) is 0 Å². The van der Waals surface area contributed by atoms with Gasteiger partial charge in [-0.1, -0.05) is 29.8 Å². The first-order chi connectivity index (χ1) is 15.7. The molecule has 1 aliphatic heterocycles. The van der Waals surface area contributed by atoms with Crippen molar-refractivity contribution in [2.24, 2.45) is 0 Å². The number of hydrogen-bond acceptors (Lipinski definition) is 4. The average molecular weight is 445 g/mol. The van der Waals surface area contributed by atoms with Crippen LogP contribution in [0, 0.1) is 13.8 Å². The number of nitrogens with one attached hydrogen (secondary N) is 2. The van der Waals surface area contributed by atoms with Crippen LogP contribution in [0.25, 0.3) is 6.08 Å². The molecular weight excluding hydrogens is 416 g/mol. The molecule has 0 saturated carbocycles. The molecule has 0 radical (unpaired) electrons. The van der Waals surface area contributed by atoms with Gasteiger partial charge in [0.25, 0.3) is 11.8 Å². The lowest BCUT2D eigenvalue weighted by molar-refractivity contribution is -0.119. The van der Waals surface area contributed by atoms with Crippen LogP contribution in [0.5, 0.6) is 5.75 Å². The molecule has 1 aromatic heterocycles. The van der Waals surface area contributed by atoms with Gasteiger partial charge < -0.3 is 19.8 Å². The van der Waals surface area contributed by atoms with Crippen molar-refractivity contribution in [1.29, 1.82) is 0 Å². The second-order valence-electron chi connectivity index (χ2n) is 9.03. The molecular formula is C27H28N2O4. The molecule has 0 aliphatic carbocycles. The molecule has 2 heterocycles. The lowest BCUT2D eigenvalue weighted by Gasteiger charge is -2.38. The van der Waals surface area contributed by atoms with Gasteiger partial charge in [-0.15, -0.1) is 0 Å². The number of rotatable bonds is 5. The maximum atomic E-state index is 13.4. The summed E-state index contributed by atoms with van der Waals surface area (Å²) in [6.45, 7) is 7.91. The Bertz CT molecular complexity index is 1210. The molecule has 1 atom stereocenters. The zero-order valence-corrected chi connectivity index (χ0v) is 19.3. The molecule has 0 unspecified atom stereocenters. The highest BCUT2D eigenvalue weighted by molar-refractivity contribution is 6.05. The number of ether oxygens (including phenoxy) is 1. The molecule has 0 bridgehead atoms. The number of benzene rings is 2. The number of amides is 2. The van der Waals surface area contributed by atoms with Crippen LogP contribution in [0.1, 0.15) is 59.1 Å². The number of hydrogen-bond donors (Lipinski definition) is 2. The van der Waals surface area contributed by atoms with Crippen LogP contribution >= 0.6 is 0 Å². The minimum Gasteiger partial charge on any atom is -0.487 e. The fourth-order valence-electron chi connectivity index (χ4n) is 3.98. The van der Waals surface area contributed by atoms with Gasteiger partial charge in [0.05, 0.1) is 12.3 Å². The van der Waals surface area contributed by atoms with Gasteiger partial charge in [-0.3, -0.25) is 9.59 Å². The van der Waals surface area contributed by atoms with Gasteiger partial charge in [-0.25, -0.2) is 0 Å². The smallest absolute Gasteiger partial charge is 0.268 e. The summed E-state index contributed by atoms with van der Waals surface area (Å²) in [5.74, 6) is 0.460. The molecule has 6 nitrogen and oxygen atoms in total. The standard InChI is InChI=1S/C27H28N2O4/c1-17-7-5-8-19(13-17)25(30)28-22(15-20-9-6-12-32-20)26(31)29-23-16-27(3,4)33-24-14-18(2)10-11-21(23)24/h5-15,23H,16H2,1-4H3,(H,28,30)(H,29,31)/b22-15-/t23-/m1/s1. The third-order valence-electron chi connectivity index (χ3n) is 5.53. The van der Waals surface area contributed by atoms with Crippen LogP contribution in [0.3, 0.4) is 0 Å². The van der Waals surface area contributed by atoms with Gasteiger partial charge in [-0.2, -0.15) is 0 Å². The SMILES string of the molecule is Cc1cccc(C(=O)N/C(=C\c2ccco2)C(=O)N[C@@H]2CC(C)(C)Oc3cc(C)ccc32)c1.